The van der Waals surface area contributed by atoms with Gasteiger partial charge in [0.05, 0.1) is 18.8 Å². The van der Waals surface area contributed by atoms with Gasteiger partial charge in [-0.3, -0.25) is 4.90 Å². The van der Waals surface area contributed by atoms with Gasteiger partial charge in [0.1, 0.15) is 5.69 Å². The average molecular weight is 349 g/mol. The molecule has 3 N–H and O–H groups in total. The second-order valence-electron chi connectivity index (χ2n) is 6.86. The minimum absolute atomic E-state index is 0.431. The highest BCUT2D eigenvalue weighted by atomic mass is 16.3. The van der Waals surface area contributed by atoms with E-state index in [-0.39, 0.29) is 0 Å². The van der Waals surface area contributed by atoms with Crippen molar-refractivity contribution in [2.75, 3.05) is 18.8 Å². The first kappa shape index (κ1) is 16.8. The third-order valence-electron chi connectivity index (χ3n) is 4.82. The number of β-amino-alcohol motifs (C(OH)–C–C–N with tert-alkyl or cyclic N) is 1. The molecule has 1 atom stereocenters. The Labute approximate surface area is 152 Å². The van der Waals surface area contributed by atoms with Crippen molar-refractivity contribution in [3.8, 4) is 11.3 Å². The second kappa shape index (κ2) is 7.27. The summed E-state index contributed by atoms with van der Waals surface area (Å²) in [6.45, 7) is 2.93. The van der Waals surface area contributed by atoms with Gasteiger partial charge in [0.15, 0.2) is 0 Å². The van der Waals surface area contributed by atoms with Gasteiger partial charge in [0.25, 0.3) is 0 Å². The fraction of sp³-hybridized carbons (Fsp3) is 0.300. The first-order valence-corrected chi connectivity index (χ1v) is 8.90. The summed E-state index contributed by atoms with van der Waals surface area (Å²) >= 11 is 0. The summed E-state index contributed by atoms with van der Waals surface area (Å²) in [6, 6.07) is 16.1. The largest absolute Gasteiger partial charge is 0.399 e. The smallest absolute Gasteiger partial charge is 0.113 e. The lowest BCUT2D eigenvalue weighted by molar-refractivity contribution is 0.0884. The molecule has 2 heterocycles. The van der Waals surface area contributed by atoms with Gasteiger partial charge in [-0.1, -0.05) is 41.6 Å². The maximum Gasteiger partial charge on any atom is 0.113 e. The van der Waals surface area contributed by atoms with Crippen molar-refractivity contribution < 1.29 is 5.11 Å². The van der Waals surface area contributed by atoms with Crippen LogP contribution in [0.1, 0.15) is 11.1 Å². The minimum atomic E-state index is -0.485. The highest BCUT2D eigenvalue weighted by Gasteiger charge is 2.19. The van der Waals surface area contributed by atoms with Crippen LogP contribution >= 0.6 is 0 Å². The van der Waals surface area contributed by atoms with Crippen LogP contribution in [0.2, 0.25) is 0 Å². The van der Waals surface area contributed by atoms with E-state index in [2.05, 4.69) is 39.5 Å². The maximum atomic E-state index is 10.5. The van der Waals surface area contributed by atoms with E-state index in [9.17, 15) is 5.11 Å². The van der Waals surface area contributed by atoms with Gasteiger partial charge in [0.2, 0.25) is 0 Å². The molecule has 1 unspecified atom stereocenters. The van der Waals surface area contributed by atoms with Crippen molar-refractivity contribution in [2.45, 2.75) is 25.6 Å². The zero-order chi connectivity index (χ0) is 17.9. The number of nitrogens with two attached hydrogens (primary N) is 1. The molecule has 2 aromatic carbocycles. The molecule has 0 fully saturated rings. The molecule has 0 radical (unpaired) electrons. The van der Waals surface area contributed by atoms with E-state index in [1.54, 1.807) is 4.68 Å². The molecule has 1 aromatic heterocycles. The number of fused-ring (bicyclic) bond motifs is 1. The van der Waals surface area contributed by atoms with Gasteiger partial charge in [-0.25, -0.2) is 4.68 Å². The first-order valence-electron chi connectivity index (χ1n) is 8.90. The maximum absolute atomic E-state index is 10.5. The molecule has 6 nitrogen and oxygen atoms in total. The van der Waals surface area contributed by atoms with E-state index in [0.717, 1.165) is 36.5 Å². The Morgan fingerprint density at radius 2 is 1.81 bits per heavy atom. The summed E-state index contributed by atoms with van der Waals surface area (Å²) in [5.74, 6) is 0. The number of nitrogens with zero attached hydrogens (tertiary/aromatic N) is 4. The number of hydrogen-bond acceptors (Lipinski definition) is 5. The van der Waals surface area contributed by atoms with Crippen LogP contribution in [0.25, 0.3) is 11.3 Å². The van der Waals surface area contributed by atoms with Gasteiger partial charge in [-0.2, -0.15) is 0 Å². The van der Waals surface area contributed by atoms with Crippen LogP contribution in [0.3, 0.4) is 0 Å². The van der Waals surface area contributed by atoms with Gasteiger partial charge < -0.3 is 10.8 Å². The number of benzene rings is 2. The number of aliphatic hydroxyl groups is 1. The van der Waals surface area contributed by atoms with Crippen molar-refractivity contribution >= 4 is 5.69 Å². The fourth-order valence-electron chi connectivity index (χ4n) is 3.46. The fourth-order valence-corrected chi connectivity index (χ4v) is 3.46. The number of nitrogen functional groups attached to an aromatic ring is 1. The Morgan fingerprint density at radius 3 is 2.62 bits per heavy atom. The van der Waals surface area contributed by atoms with Crippen molar-refractivity contribution in [2.24, 2.45) is 0 Å². The number of rotatable bonds is 5. The van der Waals surface area contributed by atoms with Crippen molar-refractivity contribution in [3.05, 3.63) is 65.9 Å². The molecular weight excluding hydrogens is 326 g/mol. The highest BCUT2D eigenvalue weighted by Crippen LogP contribution is 2.19. The van der Waals surface area contributed by atoms with Crippen LogP contribution in [0.15, 0.2) is 54.7 Å². The van der Waals surface area contributed by atoms with Gasteiger partial charge >= 0.3 is 0 Å². The minimum Gasteiger partial charge on any atom is -0.399 e. The Morgan fingerprint density at radius 1 is 1.04 bits per heavy atom. The first-order chi connectivity index (χ1) is 12.7. The molecule has 6 heteroatoms. The second-order valence-corrected chi connectivity index (χ2v) is 6.86. The molecule has 1 aliphatic rings. The summed E-state index contributed by atoms with van der Waals surface area (Å²) in [4.78, 5) is 2.30. The molecule has 0 amide bonds. The Bertz CT molecular complexity index is 874. The van der Waals surface area contributed by atoms with E-state index < -0.39 is 6.10 Å². The summed E-state index contributed by atoms with van der Waals surface area (Å²) in [6.07, 6.45) is 2.41. The van der Waals surface area contributed by atoms with Crippen LogP contribution < -0.4 is 5.73 Å². The lowest BCUT2D eigenvalue weighted by atomic mass is 10.00. The number of anilines is 1. The third kappa shape index (κ3) is 3.76. The third-order valence-corrected chi connectivity index (χ3v) is 4.82. The Kier molecular flexibility index (Phi) is 4.69. The van der Waals surface area contributed by atoms with Crippen LogP contribution in [-0.4, -0.2) is 44.2 Å². The van der Waals surface area contributed by atoms with Crippen LogP contribution in [0, 0.1) is 0 Å². The summed E-state index contributed by atoms with van der Waals surface area (Å²) < 4.78 is 1.70. The monoisotopic (exact) mass is 349 g/mol. The summed E-state index contributed by atoms with van der Waals surface area (Å²) in [5, 5.41) is 18.8. The molecule has 0 aliphatic carbocycles. The Balaban J connectivity index is 1.35. The molecule has 1 aliphatic heterocycles. The summed E-state index contributed by atoms with van der Waals surface area (Å²) in [7, 11) is 0. The van der Waals surface area contributed by atoms with E-state index in [4.69, 9.17) is 5.73 Å². The van der Waals surface area contributed by atoms with Crippen molar-refractivity contribution in [1.82, 2.24) is 19.9 Å². The normalized spacial score (nSPS) is 15.6. The molecule has 4 rings (SSSR count). The topological polar surface area (TPSA) is 80.2 Å². The standard InChI is InChI=1S/C20H23N5O/c21-18-7-5-16(6-8-18)20-14-25(23-22-20)13-19(26)12-24-10-9-15-3-1-2-4-17(15)11-24/h1-8,14,19,26H,9-13,21H2. The predicted molar refractivity (Wildman–Crippen MR) is 101 cm³/mol. The predicted octanol–water partition coefficient (Wildman–Crippen LogP) is 1.95. The molecule has 3 aromatic rings. The lowest BCUT2D eigenvalue weighted by Crippen LogP contribution is -2.38. The quantitative estimate of drug-likeness (QED) is 0.688. The highest BCUT2D eigenvalue weighted by molar-refractivity contribution is 5.60. The number of aromatic nitrogens is 3. The lowest BCUT2D eigenvalue weighted by Gasteiger charge is -2.30. The number of hydrogen-bond donors (Lipinski definition) is 2. The van der Waals surface area contributed by atoms with Crippen molar-refractivity contribution in [1.29, 1.82) is 0 Å². The SMILES string of the molecule is Nc1ccc(-c2cn(CC(O)CN3CCc4ccccc4C3)nn2)cc1. The van der Waals surface area contributed by atoms with Crippen LogP contribution in [0.4, 0.5) is 5.69 Å². The Hall–Kier alpha value is -2.70. The molecule has 0 spiro atoms. The average Bonchev–Trinajstić information content (AvgIpc) is 3.10. The van der Waals surface area contributed by atoms with E-state index in [1.165, 1.54) is 11.1 Å². The van der Waals surface area contributed by atoms with Crippen molar-refractivity contribution in [3.63, 3.8) is 0 Å². The van der Waals surface area contributed by atoms with Crippen LogP contribution in [0.5, 0.6) is 0 Å². The van der Waals surface area contributed by atoms with E-state index in [1.807, 2.05) is 30.5 Å². The molecule has 0 saturated heterocycles. The zero-order valence-corrected chi connectivity index (χ0v) is 14.6. The molecule has 0 saturated carbocycles. The van der Waals surface area contributed by atoms with E-state index in [0.29, 0.717) is 13.1 Å². The van der Waals surface area contributed by atoms with Gasteiger partial charge in [0, 0.05) is 30.9 Å². The molecule has 26 heavy (non-hydrogen) atoms. The van der Waals surface area contributed by atoms with Gasteiger partial charge in [-0.15, -0.1) is 5.10 Å². The summed E-state index contributed by atoms with van der Waals surface area (Å²) in [5.41, 5.74) is 11.0. The van der Waals surface area contributed by atoms with Gasteiger partial charge in [-0.05, 0) is 29.7 Å². The number of aliphatic hydroxyl groups excluding tert-OH is 1. The zero-order valence-electron chi connectivity index (χ0n) is 14.6. The molecule has 134 valence electrons. The molecule has 0 bridgehead atoms. The van der Waals surface area contributed by atoms with Crippen LogP contribution in [-0.2, 0) is 19.5 Å². The van der Waals surface area contributed by atoms with E-state index >= 15 is 0 Å². The molecular formula is C20H23N5O.